The number of nitrogens with zero attached hydrogens (tertiary/aromatic N) is 2. The van der Waals surface area contributed by atoms with Crippen LogP contribution >= 0.6 is 0 Å². The third-order valence-corrected chi connectivity index (χ3v) is 3.49. The van der Waals surface area contributed by atoms with E-state index < -0.39 is 0 Å². The summed E-state index contributed by atoms with van der Waals surface area (Å²) in [5.74, 6) is 0. The molecule has 1 heterocycles. The van der Waals surface area contributed by atoms with Crippen molar-refractivity contribution < 1.29 is 0 Å². The maximum absolute atomic E-state index is 4.34. The van der Waals surface area contributed by atoms with Crippen LogP contribution in [0.4, 0.5) is 5.69 Å². The Hall–Kier alpha value is -1.77. The Morgan fingerprint density at radius 1 is 1.05 bits per heavy atom. The maximum Gasteiger partial charge on any atom is 0.0575 e. The Labute approximate surface area is 122 Å². The molecule has 3 nitrogen and oxygen atoms in total. The molecule has 0 unspecified atom stereocenters. The van der Waals surface area contributed by atoms with Gasteiger partial charge in [-0.3, -0.25) is 4.68 Å². The van der Waals surface area contributed by atoms with Crippen molar-refractivity contribution in [2.45, 2.75) is 52.6 Å². The van der Waals surface area contributed by atoms with Crippen molar-refractivity contribution in [2.24, 2.45) is 0 Å². The molecule has 1 N–H and O–H groups in total. The second-order valence-electron chi connectivity index (χ2n) is 5.20. The lowest BCUT2D eigenvalue weighted by Crippen LogP contribution is -2.08. The van der Waals surface area contributed by atoms with Gasteiger partial charge in [0.2, 0.25) is 0 Å². The van der Waals surface area contributed by atoms with Gasteiger partial charge in [-0.15, -0.1) is 0 Å². The minimum atomic E-state index is 0.828. The Morgan fingerprint density at radius 2 is 1.85 bits per heavy atom. The summed E-state index contributed by atoms with van der Waals surface area (Å²) in [6, 6.07) is 10.9. The Bertz CT molecular complexity index is 499. The monoisotopic (exact) mass is 271 g/mol. The van der Waals surface area contributed by atoms with Crippen molar-refractivity contribution in [2.75, 3.05) is 5.32 Å². The molecule has 0 saturated heterocycles. The molecular formula is C17H25N3. The molecule has 0 atom stereocenters. The van der Waals surface area contributed by atoms with E-state index in [0.29, 0.717) is 0 Å². The summed E-state index contributed by atoms with van der Waals surface area (Å²) < 4.78 is 2.07. The summed E-state index contributed by atoms with van der Waals surface area (Å²) in [6.45, 7) is 6.22. The van der Waals surface area contributed by atoms with Gasteiger partial charge >= 0.3 is 0 Å². The van der Waals surface area contributed by atoms with Crippen molar-refractivity contribution in [1.82, 2.24) is 9.78 Å². The molecule has 0 aliphatic heterocycles. The summed E-state index contributed by atoms with van der Waals surface area (Å²) >= 11 is 0. The van der Waals surface area contributed by atoms with Crippen molar-refractivity contribution in [3.05, 3.63) is 47.8 Å². The van der Waals surface area contributed by atoms with Gasteiger partial charge < -0.3 is 5.32 Å². The number of anilines is 1. The number of benzene rings is 1. The van der Waals surface area contributed by atoms with Gasteiger partial charge in [-0.2, -0.15) is 5.10 Å². The van der Waals surface area contributed by atoms with E-state index in [0.717, 1.165) is 19.5 Å². The van der Waals surface area contributed by atoms with Gasteiger partial charge in [0.05, 0.1) is 12.2 Å². The lowest BCUT2D eigenvalue weighted by molar-refractivity contribution is 0.578. The topological polar surface area (TPSA) is 29.9 Å². The van der Waals surface area contributed by atoms with E-state index >= 15 is 0 Å². The van der Waals surface area contributed by atoms with E-state index in [1.165, 1.54) is 36.2 Å². The fraction of sp³-hybridized carbons (Fsp3) is 0.471. The third kappa shape index (κ3) is 4.12. The van der Waals surface area contributed by atoms with Crippen LogP contribution in [0.15, 0.2) is 36.5 Å². The summed E-state index contributed by atoms with van der Waals surface area (Å²) in [5.41, 5.74) is 3.84. The number of nitrogens with one attached hydrogen (secondary N) is 1. The highest BCUT2D eigenvalue weighted by atomic mass is 15.3. The molecule has 1 aromatic carbocycles. The maximum atomic E-state index is 4.34. The second-order valence-corrected chi connectivity index (χ2v) is 5.20. The molecule has 0 amide bonds. The number of rotatable bonds is 8. The number of hydrogen-bond donors (Lipinski definition) is 1. The fourth-order valence-electron chi connectivity index (χ4n) is 2.29. The summed E-state index contributed by atoms with van der Waals surface area (Å²) in [4.78, 5) is 0. The van der Waals surface area contributed by atoms with Crippen LogP contribution in [0.2, 0.25) is 0 Å². The van der Waals surface area contributed by atoms with Gasteiger partial charge in [0.25, 0.3) is 0 Å². The van der Waals surface area contributed by atoms with Crippen LogP contribution in [0.5, 0.6) is 0 Å². The number of aryl methyl sites for hydroxylation is 2. The van der Waals surface area contributed by atoms with Gasteiger partial charge in [-0.05, 0) is 43.0 Å². The first kappa shape index (κ1) is 14.6. The molecule has 0 saturated carbocycles. The highest BCUT2D eigenvalue weighted by molar-refractivity contribution is 5.44. The predicted octanol–water partition coefficient (Wildman–Crippen LogP) is 4.25. The fourth-order valence-corrected chi connectivity index (χ4v) is 2.29. The number of unbranched alkanes of at least 4 members (excludes halogenated alkanes) is 1. The van der Waals surface area contributed by atoms with E-state index in [-0.39, 0.29) is 0 Å². The Kier molecular flexibility index (Phi) is 5.66. The molecular weight excluding hydrogens is 246 g/mol. The van der Waals surface area contributed by atoms with Gasteiger partial charge in [0.1, 0.15) is 0 Å². The van der Waals surface area contributed by atoms with Crippen LogP contribution in [0.3, 0.4) is 0 Å². The van der Waals surface area contributed by atoms with E-state index in [1.54, 1.807) is 0 Å². The van der Waals surface area contributed by atoms with Gasteiger partial charge in [0.15, 0.2) is 0 Å². The lowest BCUT2D eigenvalue weighted by atomic mass is 10.1. The van der Waals surface area contributed by atoms with E-state index in [9.17, 15) is 0 Å². The normalized spacial score (nSPS) is 10.7. The molecule has 20 heavy (non-hydrogen) atoms. The predicted molar refractivity (Wildman–Crippen MR) is 84.9 cm³/mol. The van der Waals surface area contributed by atoms with Crippen LogP contribution in [-0.2, 0) is 19.5 Å². The van der Waals surface area contributed by atoms with E-state index in [4.69, 9.17) is 0 Å². The average Bonchev–Trinajstić information content (AvgIpc) is 2.92. The molecule has 0 fully saturated rings. The van der Waals surface area contributed by atoms with Crippen molar-refractivity contribution in [1.29, 1.82) is 0 Å². The SMILES string of the molecule is CCCCc1ccc(NCc2ccnn2CCC)cc1. The molecule has 1 aromatic heterocycles. The van der Waals surface area contributed by atoms with Crippen molar-refractivity contribution in [3.8, 4) is 0 Å². The molecule has 0 spiro atoms. The van der Waals surface area contributed by atoms with Crippen LogP contribution in [0.1, 0.15) is 44.4 Å². The quantitative estimate of drug-likeness (QED) is 0.778. The zero-order valence-corrected chi connectivity index (χ0v) is 12.6. The lowest BCUT2D eigenvalue weighted by Gasteiger charge is -2.09. The Balaban J connectivity index is 1.88. The highest BCUT2D eigenvalue weighted by Gasteiger charge is 2.01. The first-order valence-electron chi connectivity index (χ1n) is 7.67. The second kappa shape index (κ2) is 7.73. The highest BCUT2D eigenvalue weighted by Crippen LogP contribution is 2.13. The molecule has 2 aromatic rings. The zero-order chi connectivity index (χ0) is 14.2. The van der Waals surface area contributed by atoms with Gasteiger partial charge in [-0.25, -0.2) is 0 Å². The molecule has 2 rings (SSSR count). The van der Waals surface area contributed by atoms with Crippen LogP contribution < -0.4 is 5.32 Å². The van der Waals surface area contributed by atoms with E-state index in [1.807, 2.05) is 6.20 Å². The first-order chi connectivity index (χ1) is 9.83. The average molecular weight is 271 g/mol. The smallest absolute Gasteiger partial charge is 0.0575 e. The molecule has 0 radical (unpaired) electrons. The molecule has 108 valence electrons. The van der Waals surface area contributed by atoms with Gasteiger partial charge in [-0.1, -0.05) is 32.4 Å². The summed E-state index contributed by atoms with van der Waals surface area (Å²) in [6.07, 6.45) is 6.69. The standard InChI is InChI=1S/C17H25N3/c1-3-5-6-15-7-9-16(10-8-15)18-14-17-11-12-19-20(17)13-4-2/h7-12,18H,3-6,13-14H2,1-2H3. The van der Waals surface area contributed by atoms with Crippen molar-refractivity contribution in [3.63, 3.8) is 0 Å². The molecule has 0 bridgehead atoms. The summed E-state index contributed by atoms with van der Waals surface area (Å²) in [7, 11) is 0. The summed E-state index contributed by atoms with van der Waals surface area (Å²) in [5, 5.41) is 7.81. The zero-order valence-electron chi connectivity index (χ0n) is 12.6. The molecule has 0 aliphatic carbocycles. The number of hydrogen-bond acceptors (Lipinski definition) is 2. The largest absolute Gasteiger partial charge is 0.379 e. The molecule has 0 aliphatic rings. The minimum absolute atomic E-state index is 0.828. The Morgan fingerprint density at radius 3 is 2.55 bits per heavy atom. The first-order valence-corrected chi connectivity index (χ1v) is 7.67. The van der Waals surface area contributed by atoms with E-state index in [2.05, 4.69) is 59.3 Å². The minimum Gasteiger partial charge on any atom is -0.379 e. The van der Waals surface area contributed by atoms with Crippen LogP contribution in [0.25, 0.3) is 0 Å². The van der Waals surface area contributed by atoms with Crippen LogP contribution in [0, 0.1) is 0 Å². The molecule has 3 heteroatoms. The van der Waals surface area contributed by atoms with Gasteiger partial charge in [0, 0.05) is 18.4 Å². The third-order valence-electron chi connectivity index (χ3n) is 3.49. The van der Waals surface area contributed by atoms with Crippen molar-refractivity contribution >= 4 is 5.69 Å². The number of aromatic nitrogens is 2. The van der Waals surface area contributed by atoms with Crippen LogP contribution in [-0.4, -0.2) is 9.78 Å².